The molecule has 7 atom stereocenters. The van der Waals surface area contributed by atoms with E-state index in [4.69, 9.17) is 22.3 Å². The van der Waals surface area contributed by atoms with Crippen LogP contribution >= 0.6 is 0 Å². The van der Waals surface area contributed by atoms with Gasteiger partial charge in [0.2, 0.25) is 41.4 Å². The molecule has 332 valence electrons. The summed E-state index contributed by atoms with van der Waals surface area (Å²) in [6.45, 7) is 12.8. The number of hydrogen-bond acceptors (Lipinski definition) is 11. The van der Waals surface area contributed by atoms with Crippen molar-refractivity contribution in [3.63, 3.8) is 0 Å². The van der Waals surface area contributed by atoms with Gasteiger partial charge >= 0.3 is 5.97 Å². The summed E-state index contributed by atoms with van der Waals surface area (Å²) < 4.78 is 0. The highest BCUT2D eigenvalue weighted by atomic mass is 16.4. The van der Waals surface area contributed by atoms with Crippen LogP contribution in [0.4, 0.5) is 0 Å². The van der Waals surface area contributed by atoms with Gasteiger partial charge in [-0.15, -0.1) is 0 Å². The van der Waals surface area contributed by atoms with E-state index < -0.39 is 115 Å². The van der Waals surface area contributed by atoms with Crippen molar-refractivity contribution in [1.82, 2.24) is 31.5 Å². The van der Waals surface area contributed by atoms with E-state index in [0.29, 0.717) is 12.0 Å². The number of carbonyl (C=O) groups is 8. The zero-order valence-corrected chi connectivity index (χ0v) is 35.6. The fourth-order valence-corrected chi connectivity index (χ4v) is 6.09. The molecule has 0 aromatic heterocycles. The summed E-state index contributed by atoms with van der Waals surface area (Å²) in [4.78, 5) is 105. The smallest absolute Gasteiger partial charge is 0.305 e. The Morgan fingerprint density at radius 2 is 1.36 bits per heavy atom. The maximum Gasteiger partial charge on any atom is 0.305 e. The second-order valence-electron chi connectivity index (χ2n) is 16.3. The molecule has 0 fully saturated rings. The largest absolute Gasteiger partial charge is 0.481 e. The summed E-state index contributed by atoms with van der Waals surface area (Å²) in [5.41, 5.74) is 17.0. The van der Waals surface area contributed by atoms with Gasteiger partial charge in [-0.25, -0.2) is 0 Å². The Bertz CT molecular complexity index is 1590. The van der Waals surface area contributed by atoms with E-state index in [0.717, 1.165) is 0 Å². The van der Waals surface area contributed by atoms with Crippen LogP contribution in [-0.4, -0.2) is 124 Å². The molecule has 7 amide bonds. The third-order valence-electron chi connectivity index (χ3n) is 9.55. The predicted octanol–water partition coefficient (Wildman–Crippen LogP) is -1.36. The standard InChI is InChI=1S/C40H67N9O10/c1-9-40(8,43)39(59)49(30(34(42)54)16-23(4)5)20-26(15-22(2)3)45-31(51)19-44-38(58)33(24(6)7)48-36(56)28(17-25-13-11-10-12-14-25)46-37(57)29(21-50)47-35(55)27(41)18-32(52)53/h10-14,22-24,26-30,33,50H,9,15-21,41,43H2,1-8H3,(H2,42,54)(H,44,58)(H,45,51)(H,46,57)(H,47,55)(H,48,56)(H,52,53)/t26-,27-,28-,29-,30-,33-,40-/m0/s1. The summed E-state index contributed by atoms with van der Waals surface area (Å²) in [6.07, 6.45) is 0.164. The van der Waals surface area contributed by atoms with Gasteiger partial charge in [0, 0.05) is 19.0 Å². The normalized spacial score (nSPS) is 15.4. The first-order valence-electron chi connectivity index (χ1n) is 19.9. The number of amides is 7. The Balaban J connectivity index is 3.24. The van der Waals surface area contributed by atoms with Gasteiger partial charge in [0.15, 0.2) is 0 Å². The molecule has 1 rings (SSSR count). The number of aliphatic hydroxyl groups excluding tert-OH is 1. The highest BCUT2D eigenvalue weighted by Crippen LogP contribution is 2.20. The molecule has 0 saturated carbocycles. The Labute approximate surface area is 346 Å². The number of nitrogens with zero attached hydrogens (tertiary/aromatic N) is 1. The van der Waals surface area contributed by atoms with Gasteiger partial charge in [-0.3, -0.25) is 38.4 Å². The minimum absolute atomic E-state index is 0.00235. The molecule has 1 aromatic carbocycles. The van der Waals surface area contributed by atoms with Gasteiger partial charge in [0.05, 0.1) is 31.2 Å². The molecule has 0 radical (unpaired) electrons. The van der Waals surface area contributed by atoms with Gasteiger partial charge in [-0.2, -0.15) is 0 Å². The lowest BCUT2D eigenvalue weighted by Gasteiger charge is -2.38. The lowest BCUT2D eigenvalue weighted by atomic mass is 9.93. The topological polar surface area (TPSA) is 318 Å². The average molecular weight is 834 g/mol. The van der Waals surface area contributed by atoms with Gasteiger partial charge < -0.3 is 58.9 Å². The lowest BCUT2D eigenvalue weighted by Crippen LogP contribution is -2.62. The molecule has 19 heteroatoms. The van der Waals surface area contributed by atoms with Crippen molar-refractivity contribution in [3.05, 3.63) is 35.9 Å². The van der Waals surface area contributed by atoms with Crippen molar-refractivity contribution < 1.29 is 48.6 Å². The molecule has 0 saturated heterocycles. The minimum atomic E-state index is -1.59. The number of benzene rings is 1. The summed E-state index contributed by atoms with van der Waals surface area (Å²) >= 11 is 0. The van der Waals surface area contributed by atoms with Crippen LogP contribution in [0, 0.1) is 17.8 Å². The van der Waals surface area contributed by atoms with Gasteiger partial charge in [0.1, 0.15) is 24.2 Å². The molecule has 13 N–H and O–H groups in total. The van der Waals surface area contributed by atoms with Crippen LogP contribution in [-0.2, 0) is 44.8 Å². The molecular formula is C40H67N9O10. The molecular weight excluding hydrogens is 766 g/mol. The number of hydrogen-bond donors (Lipinski definition) is 10. The Hall–Kier alpha value is -5.14. The Kier molecular flexibility index (Phi) is 21.7. The zero-order valence-electron chi connectivity index (χ0n) is 35.6. The second-order valence-corrected chi connectivity index (χ2v) is 16.3. The van der Waals surface area contributed by atoms with Gasteiger partial charge in [0.25, 0.3) is 0 Å². The molecule has 0 aliphatic heterocycles. The molecule has 0 spiro atoms. The number of aliphatic hydroxyl groups is 1. The first kappa shape index (κ1) is 51.9. The van der Waals surface area contributed by atoms with E-state index in [-0.39, 0.29) is 37.6 Å². The molecule has 19 nitrogen and oxygen atoms in total. The molecule has 1 aromatic rings. The zero-order chi connectivity index (χ0) is 45.2. The average Bonchev–Trinajstić information content (AvgIpc) is 3.14. The van der Waals surface area contributed by atoms with Crippen LogP contribution in [0.25, 0.3) is 0 Å². The second kappa shape index (κ2) is 24.7. The first-order chi connectivity index (χ1) is 27.4. The van der Waals surface area contributed by atoms with E-state index in [1.807, 2.05) is 27.7 Å². The van der Waals surface area contributed by atoms with Crippen molar-refractivity contribution in [3.8, 4) is 0 Å². The van der Waals surface area contributed by atoms with E-state index in [1.54, 1.807) is 58.0 Å². The van der Waals surface area contributed by atoms with Crippen LogP contribution in [0.3, 0.4) is 0 Å². The van der Waals surface area contributed by atoms with Gasteiger partial charge in [-0.1, -0.05) is 78.8 Å². The monoisotopic (exact) mass is 834 g/mol. The first-order valence-corrected chi connectivity index (χ1v) is 19.9. The van der Waals surface area contributed by atoms with Crippen LogP contribution in [0.15, 0.2) is 30.3 Å². The maximum atomic E-state index is 13.8. The molecule has 0 unspecified atom stereocenters. The quantitative estimate of drug-likeness (QED) is 0.0518. The molecule has 0 aliphatic rings. The van der Waals surface area contributed by atoms with Crippen molar-refractivity contribution in [1.29, 1.82) is 0 Å². The van der Waals surface area contributed by atoms with E-state index >= 15 is 0 Å². The van der Waals surface area contributed by atoms with Crippen molar-refractivity contribution in [2.45, 2.75) is 129 Å². The molecule has 59 heavy (non-hydrogen) atoms. The highest BCUT2D eigenvalue weighted by Gasteiger charge is 2.39. The third-order valence-corrected chi connectivity index (χ3v) is 9.55. The fraction of sp³-hybridized carbons (Fsp3) is 0.650. The fourth-order valence-electron chi connectivity index (χ4n) is 6.09. The number of nitrogens with one attached hydrogen (secondary N) is 5. The van der Waals surface area contributed by atoms with Crippen LogP contribution < -0.4 is 43.8 Å². The number of carboxylic acids is 1. The van der Waals surface area contributed by atoms with E-state index in [9.17, 15) is 43.5 Å². The van der Waals surface area contributed by atoms with Crippen molar-refractivity contribution >= 4 is 47.3 Å². The third kappa shape index (κ3) is 18.1. The Morgan fingerprint density at radius 3 is 1.85 bits per heavy atom. The van der Waals surface area contributed by atoms with Crippen LogP contribution in [0.1, 0.15) is 86.6 Å². The summed E-state index contributed by atoms with van der Waals surface area (Å²) in [7, 11) is 0. The molecule has 0 aliphatic carbocycles. The maximum absolute atomic E-state index is 13.8. The number of primary amides is 1. The highest BCUT2D eigenvalue weighted by molar-refractivity contribution is 5.96. The number of carbonyl (C=O) groups excluding carboxylic acids is 7. The number of nitrogens with two attached hydrogens (primary N) is 3. The number of carboxylic acid groups (broad SMARTS) is 1. The molecule has 0 bridgehead atoms. The number of aliphatic carboxylic acids is 1. The number of rotatable bonds is 26. The summed E-state index contributed by atoms with van der Waals surface area (Å²) in [5, 5.41) is 31.5. The Morgan fingerprint density at radius 1 is 0.797 bits per heavy atom. The van der Waals surface area contributed by atoms with E-state index in [1.165, 1.54) is 4.90 Å². The van der Waals surface area contributed by atoms with Crippen LogP contribution in [0.2, 0.25) is 0 Å². The van der Waals surface area contributed by atoms with Crippen LogP contribution in [0.5, 0.6) is 0 Å². The minimum Gasteiger partial charge on any atom is -0.481 e. The van der Waals surface area contributed by atoms with Crippen molar-refractivity contribution in [2.24, 2.45) is 35.0 Å². The predicted molar refractivity (Wildman–Crippen MR) is 220 cm³/mol. The van der Waals surface area contributed by atoms with E-state index in [2.05, 4.69) is 26.6 Å². The lowest BCUT2D eigenvalue weighted by molar-refractivity contribution is -0.145. The van der Waals surface area contributed by atoms with Crippen molar-refractivity contribution in [2.75, 3.05) is 19.7 Å². The SMILES string of the molecule is CC[C@](C)(N)C(=O)N(C[C@H](CC(C)C)NC(=O)CNC(=O)[C@@H](NC(=O)[C@H](Cc1ccccc1)NC(=O)[C@H](CO)NC(=O)[C@@H](N)CC(=O)O)C(C)C)[C@@H](CC(C)C)C(N)=O. The van der Waals surface area contributed by atoms with Gasteiger partial charge in [-0.05, 0) is 49.5 Å². The molecule has 0 heterocycles. The summed E-state index contributed by atoms with van der Waals surface area (Å²) in [5.74, 6) is -7.12. The summed E-state index contributed by atoms with van der Waals surface area (Å²) in [6, 6.07) is 1.31.